The van der Waals surface area contributed by atoms with E-state index in [-0.39, 0.29) is 0 Å². The number of nitrogens with one attached hydrogen (secondary N) is 1. The molecule has 0 amide bonds. The molecule has 0 saturated heterocycles. The average molecular weight is 303 g/mol. The van der Waals surface area contributed by atoms with Gasteiger partial charge >= 0.3 is 0 Å². The van der Waals surface area contributed by atoms with E-state index >= 15 is 0 Å². The van der Waals surface area contributed by atoms with Crippen LogP contribution in [0.1, 0.15) is 25.0 Å². The summed E-state index contributed by atoms with van der Waals surface area (Å²) >= 11 is 6.38. The van der Waals surface area contributed by atoms with Gasteiger partial charge in [-0.3, -0.25) is 0 Å². The molecule has 0 radical (unpaired) electrons. The van der Waals surface area contributed by atoms with Crippen LogP contribution < -0.4 is 10.2 Å². The molecule has 2 nitrogen and oxygen atoms in total. The van der Waals surface area contributed by atoms with Gasteiger partial charge in [-0.15, -0.1) is 0 Å². The number of hydrogen-bond acceptors (Lipinski definition) is 2. The molecule has 1 N–H and O–H groups in total. The van der Waals surface area contributed by atoms with Crippen molar-refractivity contribution in [2.45, 2.75) is 26.8 Å². The minimum absolute atomic E-state index is 0.781. The molecule has 21 heavy (non-hydrogen) atoms. The van der Waals surface area contributed by atoms with Crippen LogP contribution >= 0.6 is 11.6 Å². The second-order valence-electron chi connectivity index (χ2n) is 5.10. The Labute approximate surface area is 132 Å². The van der Waals surface area contributed by atoms with E-state index in [1.165, 1.54) is 11.3 Å². The van der Waals surface area contributed by atoms with Gasteiger partial charge in [0.1, 0.15) is 0 Å². The summed E-state index contributed by atoms with van der Waals surface area (Å²) in [6, 6.07) is 14.8. The topological polar surface area (TPSA) is 15.3 Å². The molecule has 0 fully saturated rings. The van der Waals surface area contributed by atoms with Crippen LogP contribution in [0.2, 0.25) is 5.02 Å². The first-order valence-corrected chi connectivity index (χ1v) is 7.86. The quantitative estimate of drug-likeness (QED) is 0.826. The normalized spacial score (nSPS) is 10.7. The number of anilines is 2. The van der Waals surface area contributed by atoms with Crippen molar-refractivity contribution < 1.29 is 0 Å². The largest absolute Gasteiger partial charge is 0.344 e. The third-order valence-electron chi connectivity index (χ3n) is 3.74. The molecule has 0 bridgehead atoms. The molecule has 0 aromatic heterocycles. The molecule has 2 rings (SSSR count). The van der Waals surface area contributed by atoms with Gasteiger partial charge in [0.15, 0.2) is 0 Å². The molecule has 0 heterocycles. The lowest BCUT2D eigenvalue weighted by molar-refractivity contribution is 0.726. The first kappa shape index (κ1) is 15.9. The summed E-state index contributed by atoms with van der Waals surface area (Å²) in [6.07, 6.45) is 1.06. The summed E-state index contributed by atoms with van der Waals surface area (Å²) < 4.78 is 0. The average Bonchev–Trinajstić information content (AvgIpc) is 2.53. The van der Waals surface area contributed by atoms with Crippen molar-refractivity contribution in [3.63, 3.8) is 0 Å². The van der Waals surface area contributed by atoms with Gasteiger partial charge in [0.25, 0.3) is 0 Å². The van der Waals surface area contributed by atoms with Gasteiger partial charge in [0.2, 0.25) is 0 Å². The second kappa shape index (κ2) is 7.48. The minimum atomic E-state index is 0.781. The van der Waals surface area contributed by atoms with E-state index in [0.29, 0.717) is 0 Å². The highest BCUT2D eigenvalue weighted by atomic mass is 35.5. The van der Waals surface area contributed by atoms with E-state index in [1.54, 1.807) is 0 Å². The number of nitrogens with zero attached hydrogens (tertiary/aromatic N) is 1. The van der Waals surface area contributed by atoms with Crippen molar-refractivity contribution in [1.29, 1.82) is 0 Å². The van der Waals surface area contributed by atoms with Crippen LogP contribution in [0, 0.1) is 0 Å². The van der Waals surface area contributed by atoms with E-state index in [0.717, 1.165) is 35.8 Å². The van der Waals surface area contributed by atoms with Crippen molar-refractivity contribution in [3.05, 3.63) is 58.6 Å². The van der Waals surface area contributed by atoms with Gasteiger partial charge in [-0.1, -0.05) is 43.6 Å². The highest BCUT2D eigenvalue weighted by Crippen LogP contribution is 2.31. The number of hydrogen-bond donors (Lipinski definition) is 1. The highest BCUT2D eigenvalue weighted by Gasteiger charge is 2.12. The lowest BCUT2D eigenvalue weighted by Crippen LogP contribution is -2.17. The maximum atomic E-state index is 6.38. The molecule has 0 aliphatic carbocycles. The zero-order valence-electron chi connectivity index (χ0n) is 13.0. The van der Waals surface area contributed by atoms with E-state index in [1.807, 2.05) is 12.1 Å². The van der Waals surface area contributed by atoms with Crippen molar-refractivity contribution >= 4 is 23.0 Å². The van der Waals surface area contributed by atoms with Crippen LogP contribution in [0.15, 0.2) is 42.5 Å². The molecule has 2 aromatic rings. The highest BCUT2D eigenvalue weighted by molar-refractivity contribution is 6.31. The monoisotopic (exact) mass is 302 g/mol. The molecular formula is C18H23ClN2. The minimum Gasteiger partial charge on any atom is -0.344 e. The zero-order valence-corrected chi connectivity index (χ0v) is 13.7. The summed E-state index contributed by atoms with van der Waals surface area (Å²) in [5.74, 6) is 0. The first-order valence-electron chi connectivity index (χ1n) is 7.48. The van der Waals surface area contributed by atoms with Crippen LogP contribution in [0.5, 0.6) is 0 Å². The molecule has 0 spiro atoms. The summed E-state index contributed by atoms with van der Waals surface area (Å²) in [7, 11) is 2.09. The van der Waals surface area contributed by atoms with Gasteiger partial charge in [-0.2, -0.15) is 0 Å². The summed E-state index contributed by atoms with van der Waals surface area (Å²) in [4.78, 5) is 2.19. The molecule has 2 aromatic carbocycles. The number of aryl methyl sites for hydroxylation is 1. The Hall–Kier alpha value is -1.51. The van der Waals surface area contributed by atoms with Gasteiger partial charge in [0, 0.05) is 35.6 Å². The Morgan fingerprint density at radius 2 is 1.76 bits per heavy atom. The van der Waals surface area contributed by atoms with Gasteiger partial charge in [-0.05, 0) is 42.8 Å². The molecule has 0 aliphatic heterocycles. The number of halogens is 1. The van der Waals surface area contributed by atoms with Crippen molar-refractivity contribution in [2.75, 3.05) is 18.5 Å². The third kappa shape index (κ3) is 3.78. The smallest absolute Gasteiger partial charge is 0.0471 e. The van der Waals surface area contributed by atoms with Crippen LogP contribution in [-0.2, 0) is 13.0 Å². The zero-order chi connectivity index (χ0) is 15.2. The lowest BCUT2D eigenvalue weighted by Gasteiger charge is -2.24. The van der Waals surface area contributed by atoms with Crippen LogP contribution in [-0.4, -0.2) is 13.6 Å². The molecule has 112 valence electrons. The Kier molecular flexibility index (Phi) is 5.66. The van der Waals surface area contributed by atoms with Crippen molar-refractivity contribution in [3.8, 4) is 0 Å². The predicted octanol–water partition coefficient (Wildman–Crippen LogP) is 4.78. The third-order valence-corrected chi connectivity index (χ3v) is 4.09. The fourth-order valence-corrected chi connectivity index (χ4v) is 2.62. The standard InChI is InChI=1S/C18H23ClN2/c1-4-14-9-11-15(12-10-14)21(3)18-8-6-7-17(19)16(18)13-20-5-2/h6-12,20H,4-5,13H2,1-3H3. The van der Waals surface area contributed by atoms with Gasteiger partial charge < -0.3 is 10.2 Å². The van der Waals surface area contributed by atoms with Crippen molar-refractivity contribution in [2.24, 2.45) is 0 Å². The number of benzene rings is 2. The molecule has 0 unspecified atom stereocenters. The van der Waals surface area contributed by atoms with Gasteiger partial charge in [-0.25, -0.2) is 0 Å². The fraction of sp³-hybridized carbons (Fsp3) is 0.333. The Bertz CT molecular complexity index is 578. The first-order chi connectivity index (χ1) is 10.2. The van der Waals surface area contributed by atoms with Gasteiger partial charge in [0.05, 0.1) is 0 Å². The molecular weight excluding hydrogens is 280 g/mol. The molecule has 0 saturated carbocycles. The molecule has 0 atom stereocenters. The maximum absolute atomic E-state index is 6.38. The van der Waals surface area contributed by atoms with E-state index < -0.39 is 0 Å². The second-order valence-corrected chi connectivity index (χ2v) is 5.50. The molecule has 3 heteroatoms. The summed E-state index contributed by atoms with van der Waals surface area (Å²) in [5.41, 5.74) is 4.81. The number of rotatable bonds is 6. The Morgan fingerprint density at radius 1 is 1.05 bits per heavy atom. The van der Waals surface area contributed by atoms with Crippen molar-refractivity contribution in [1.82, 2.24) is 5.32 Å². The van der Waals surface area contributed by atoms with E-state index in [9.17, 15) is 0 Å². The molecule has 0 aliphatic rings. The van der Waals surface area contributed by atoms with Crippen LogP contribution in [0.25, 0.3) is 0 Å². The van der Waals surface area contributed by atoms with E-state index in [4.69, 9.17) is 11.6 Å². The van der Waals surface area contributed by atoms with Crippen LogP contribution in [0.4, 0.5) is 11.4 Å². The predicted molar refractivity (Wildman–Crippen MR) is 92.7 cm³/mol. The lowest BCUT2D eigenvalue weighted by atomic mass is 10.1. The Morgan fingerprint density at radius 3 is 2.38 bits per heavy atom. The summed E-state index contributed by atoms with van der Waals surface area (Å²) in [6.45, 7) is 5.98. The van der Waals surface area contributed by atoms with Crippen LogP contribution in [0.3, 0.4) is 0 Å². The fourth-order valence-electron chi connectivity index (χ4n) is 2.38. The Balaban J connectivity index is 2.32. The van der Waals surface area contributed by atoms with E-state index in [2.05, 4.69) is 61.4 Å². The summed E-state index contributed by atoms with van der Waals surface area (Å²) in [5, 5.41) is 4.17. The maximum Gasteiger partial charge on any atom is 0.0471 e. The SMILES string of the molecule is CCNCc1c(Cl)cccc1N(C)c1ccc(CC)cc1.